The van der Waals surface area contributed by atoms with Gasteiger partial charge in [-0.3, -0.25) is 0 Å². The molecule has 2 aromatic rings. The third-order valence-electron chi connectivity index (χ3n) is 2.91. The predicted molar refractivity (Wildman–Crippen MR) is 82.1 cm³/mol. The quantitative estimate of drug-likeness (QED) is 0.814. The van der Waals surface area contributed by atoms with Gasteiger partial charge in [-0.1, -0.05) is 0 Å². The van der Waals surface area contributed by atoms with Gasteiger partial charge in [0.2, 0.25) is 10.0 Å². The van der Waals surface area contributed by atoms with E-state index >= 15 is 0 Å². The average molecular weight is 327 g/mol. The molecule has 2 N–H and O–H groups in total. The van der Waals surface area contributed by atoms with Crippen molar-refractivity contribution in [2.45, 2.75) is 18.4 Å². The summed E-state index contributed by atoms with van der Waals surface area (Å²) in [7, 11) is -3.54. The van der Waals surface area contributed by atoms with Gasteiger partial charge in [0.25, 0.3) is 0 Å². The van der Waals surface area contributed by atoms with E-state index in [1.807, 2.05) is 17.7 Å². The van der Waals surface area contributed by atoms with Crippen molar-refractivity contribution in [1.29, 1.82) is 0 Å². The minimum Gasteiger partial charge on any atom is -0.491 e. The van der Waals surface area contributed by atoms with Gasteiger partial charge >= 0.3 is 0 Å². The van der Waals surface area contributed by atoms with Crippen LogP contribution in [0.15, 0.2) is 39.9 Å². The lowest BCUT2D eigenvalue weighted by atomic mass is 10.2. The van der Waals surface area contributed by atoms with Crippen molar-refractivity contribution in [2.24, 2.45) is 0 Å². The molecular formula is C14H17NO4S2. The maximum Gasteiger partial charge on any atom is 0.240 e. The first-order valence-corrected chi connectivity index (χ1v) is 8.80. The molecule has 0 aliphatic rings. The number of hydrogen-bond donors (Lipinski definition) is 2. The smallest absolute Gasteiger partial charge is 0.240 e. The Morgan fingerprint density at radius 2 is 1.95 bits per heavy atom. The highest BCUT2D eigenvalue weighted by Gasteiger charge is 2.14. The molecule has 0 saturated heterocycles. The third-order valence-corrected chi connectivity index (χ3v) is 5.24. The predicted octanol–water partition coefficient (Wildman–Crippen LogP) is 1.91. The summed E-state index contributed by atoms with van der Waals surface area (Å²) < 4.78 is 32.1. The van der Waals surface area contributed by atoms with Gasteiger partial charge in [-0.2, -0.15) is 11.3 Å². The van der Waals surface area contributed by atoms with Crippen molar-refractivity contribution in [1.82, 2.24) is 4.72 Å². The Labute approximate surface area is 128 Å². The van der Waals surface area contributed by atoms with Gasteiger partial charge in [0.05, 0.1) is 11.5 Å². The lowest BCUT2D eigenvalue weighted by Gasteiger charge is -2.08. The highest BCUT2D eigenvalue weighted by atomic mass is 32.2. The molecule has 7 heteroatoms. The molecule has 0 amide bonds. The Morgan fingerprint density at radius 1 is 1.24 bits per heavy atom. The van der Waals surface area contributed by atoms with Crippen molar-refractivity contribution in [2.75, 3.05) is 13.2 Å². The number of aliphatic hydroxyl groups is 1. The lowest BCUT2D eigenvalue weighted by Crippen LogP contribution is -2.23. The van der Waals surface area contributed by atoms with E-state index in [0.717, 1.165) is 11.1 Å². The Morgan fingerprint density at radius 3 is 2.52 bits per heavy atom. The van der Waals surface area contributed by atoms with E-state index in [1.54, 1.807) is 23.5 Å². The molecule has 0 atom stereocenters. The van der Waals surface area contributed by atoms with Gasteiger partial charge in [-0.15, -0.1) is 0 Å². The molecule has 0 saturated carbocycles. The summed E-state index contributed by atoms with van der Waals surface area (Å²) in [6, 6.07) is 6.10. The summed E-state index contributed by atoms with van der Waals surface area (Å²) in [5, 5.41) is 12.6. The minimum atomic E-state index is -3.54. The fourth-order valence-electron chi connectivity index (χ4n) is 1.70. The number of aliphatic hydroxyl groups excluding tert-OH is 1. The van der Waals surface area contributed by atoms with Crippen LogP contribution in [0.1, 0.15) is 11.1 Å². The summed E-state index contributed by atoms with van der Waals surface area (Å²) in [4.78, 5) is 0.187. The van der Waals surface area contributed by atoms with Crippen LogP contribution in [0.2, 0.25) is 0 Å². The molecular weight excluding hydrogens is 310 g/mol. The monoisotopic (exact) mass is 327 g/mol. The first-order chi connectivity index (χ1) is 10.0. The van der Waals surface area contributed by atoms with Crippen molar-refractivity contribution in [3.8, 4) is 5.75 Å². The minimum absolute atomic E-state index is 0.0817. The standard InChI is InChI=1S/C14H17NO4S2/c1-11-9-20-10-12(11)8-15-21(17,18)14-4-2-13(3-5-14)19-7-6-16/h2-5,9-10,15-16H,6-8H2,1H3. The number of hydrogen-bond acceptors (Lipinski definition) is 5. The molecule has 0 radical (unpaired) electrons. The van der Waals surface area contributed by atoms with E-state index in [2.05, 4.69) is 4.72 Å². The van der Waals surface area contributed by atoms with Gasteiger partial charge in [0.15, 0.2) is 0 Å². The molecule has 1 aromatic heterocycles. The van der Waals surface area contributed by atoms with Crippen LogP contribution >= 0.6 is 11.3 Å². The van der Waals surface area contributed by atoms with Crippen molar-refractivity contribution >= 4 is 21.4 Å². The van der Waals surface area contributed by atoms with E-state index < -0.39 is 10.0 Å². The number of thiophene rings is 1. The molecule has 1 heterocycles. The Kier molecular flexibility index (Phi) is 5.35. The maximum atomic E-state index is 12.2. The number of nitrogens with one attached hydrogen (secondary N) is 1. The highest BCUT2D eigenvalue weighted by Crippen LogP contribution is 2.17. The van der Waals surface area contributed by atoms with E-state index in [0.29, 0.717) is 5.75 Å². The SMILES string of the molecule is Cc1cscc1CNS(=O)(=O)c1ccc(OCCO)cc1. The number of sulfonamides is 1. The second-order valence-corrected chi connectivity index (χ2v) is 6.96. The van der Waals surface area contributed by atoms with Crippen LogP contribution in [0.3, 0.4) is 0 Å². The van der Waals surface area contributed by atoms with Crippen LogP contribution in [-0.4, -0.2) is 26.7 Å². The summed E-state index contributed by atoms with van der Waals surface area (Å²) in [6.45, 7) is 2.33. The van der Waals surface area contributed by atoms with Gasteiger partial charge in [-0.25, -0.2) is 13.1 Å². The van der Waals surface area contributed by atoms with E-state index in [1.165, 1.54) is 12.1 Å². The fourth-order valence-corrected chi connectivity index (χ4v) is 3.57. The summed E-state index contributed by atoms with van der Waals surface area (Å²) in [6.07, 6.45) is 0. The van der Waals surface area contributed by atoms with Gasteiger partial charge < -0.3 is 9.84 Å². The zero-order chi connectivity index (χ0) is 15.3. The Balaban J connectivity index is 2.03. The largest absolute Gasteiger partial charge is 0.491 e. The van der Waals surface area contributed by atoms with Gasteiger partial charge in [0.1, 0.15) is 12.4 Å². The highest BCUT2D eigenvalue weighted by molar-refractivity contribution is 7.89. The molecule has 1 aromatic carbocycles. The zero-order valence-corrected chi connectivity index (χ0v) is 13.2. The number of benzene rings is 1. The van der Waals surface area contributed by atoms with Gasteiger partial charge in [0, 0.05) is 6.54 Å². The first kappa shape index (κ1) is 16.0. The number of aryl methyl sites for hydroxylation is 1. The van der Waals surface area contributed by atoms with E-state index in [4.69, 9.17) is 9.84 Å². The van der Waals surface area contributed by atoms with Crippen LogP contribution < -0.4 is 9.46 Å². The fraction of sp³-hybridized carbons (Fsp3) is 0.286. The number of ether oxygens (including phenoxy) is 1. The molecule has 0 unspecified atom stereocenters. The van der Waals surface area contributed by atoms with Crippen LogP contribution in [0.25, 0.3) is 0 Å². The maximum absolute atomic E-state index is 12.2. The molecule has 5 nitrogen and oxygen atoms in total. The van der Waals surface area contributed by atoms with Crippen LogP contribution in [0, 0.1) is 6.92 Å². The van der Waals surface area contributed by atoms with Crippen LogP contribution in [0.5, 0.6) is 5.75 Å². The second-order valence-electron chi connectivity index (χ2n) is 4.45. The Bertz CT molecular complexity index is 677. The third kappa shape index (κ3) is 4.28. The molecule has 0 bridgehead atoms. The van der Waals surface area contributed by atoms with Crippen LogP contribution in [0.4, 0.5) is 0 Å². The van der Waals surface area contributed by atoms with Crippen LogP contribution in [-0.2, 0) is 16.6 Å². The second kappa shape index (κ2) is 7.04. The summed E-state index contributed by atoms with van der Waals surface area (Å²) >= 11 is 1.55. The van der Waals surface area contributed by atoms with Crippen molar-refractivity contribution < 1.29 is 18.3 Å². The molecule has 0 fully saturated rings. The van der Waals surface area contributed by atoms with E-state index in [-0.39, 0.29) is 24.7 Å². The molecule has 2 rings (SSSR count). The lowest BCUT2D eigenvalue weighted by molar-refractivity contribution is 0.201. The zero-order valence-electron chi connectivity index (χ0n) is 11.6. The number of rotatable bonds is 7. The molecule has 0 spiro atoms. The molecule has 114 valence electrons. The summed E-state index contributed by atoms with van der Waals surface area (Å²) in [5.74, 6) is 0.525. The molecule has 21 heavy (non-hydrogen) atoms. The molecule has 0 aliphatic heterocycles. The van der Waals surface area contributed by atoms with Gasteiger partial charge in [-0.05, 0) is 53.1 Å². The summed E-state index contributed by atoms with van der Waals surface area (Å²) in [5.41, 5.74) is 2.06. The average Bonchev–Trinajstić information content (AvgIpc) is 2.89. The normalized spacial score (nSPS) is 11.5. The van der Waals surface area contributed by atoms with Crippen molar-refractivity contribution in [3.05, 3.63) is 46.2 Å². The first-order valence-electron chi connectivity index (χ1n) is 6.38. The Hall–Kier alpha value is -1.41. The topological polar surface area (TPSA) is 75.6 Å². The molecule has 0 aliphatic carbocycles. The van der Waals surface area contributed by atoms with Crippen molar-refractivity contribution in [3.63, 3.8) is 0 Å². The van der Waals surface area contributed by atoms with E-state index in [9.17, 15) is 8.42 Å².